The zero-order valence-electron chi connectivity index (χ0n) is 7.44. The molecule has 0 aromatic rings. The van der Waals surface area contributed by atoms with E-state index in [2.05, 4.69) is 5.32 Å². The maximum atomic E-state index is 9.27. The van der Waals surface area contributed by atoms with E-state index in [1.54, 1.807) is 0 Å². The van der Waals surface area contributed by atoms with Crippen LogP contribution in [0.15, 0.2) is 0 Å². The maximum absolute atomic E-state index is 9.27. The van der Waals surface area contributed by atoms with Crippen LogP contribution in [0.3, 0.4) is 0 Å². The summed E-state index contributed by atoms with van der Waals surface area (Å²) in [5.74, 6) is -2.93. The summed E-state index contributed by atoms with van der Waals surface area (Å²) in [6.07, 6.45) is 1.39. The Morgan fingerprint density at radius 2 is 1.17 bits per heavy atom. The molecule has 7 heteroatoms. The molecule has 0 bridgehead atoms. The van der Waals surface area contributed by atoms with E-state index in [1.165, 1.54) is 19.5 Å². The molecule has 5 nitrogen and oxygen atoms in total. The predicted molar refractivity (Wildman–Crippen MR) is 32.9 cm³/mol. The molecule has 0 aliphatic carbocycles. The Labute approximate surface area is 157 Å². The molecule has 0 aromatic carbocycles. The minimum absolute atomic E-state index is 0. The third-order valence-electron chi connectivity index (χ3n) is 0.913. The summed E-state index contributed by atoms with van der Waals surface area (Å²) in [6, 6.07) is 0. The van der Waals surface area contributed by atoms with Crippen molar-refractivity contribution in [3.63, 3.8) is 0 Å². The van der Waals surface area contributed by atoms with Crippen molar-refractivity contribution >= 4 is 11.8 Å². The zero-order valence-corrected chi connectivity index (χ0v) is 13.7. The first-order chi connectivity index (χ1) is 4.64. The number of nitrogens with one attached hydrogen (secondary N) is 3. The molecule has 1 fully saturated rings. The summed E-state index contributed by atoms with van der Waals surface area (Å²) in [6.45, 7) is 2.50. The minimum Gasteiger partial charge on any atom is -0.858 e. The van der Waals surface area contributed by atoms with E-state index in [0.717, 1.165) is 0 Å². The van der Waals surface area contributed by atoms with Crippen LogP contribution in [0, 0.1) is 10.8 Å². The Morgan fingerprint density at radius 3 is 1.17 bits per heavy atom. The Morgan fingerprint density at radius 1 is 1.00 bits per heavy atom. The van der Waals surface area contributed by atoms with Crippen molar-refractivity contribution < 1.29 is 113 Å². The molecule has 3 N–H and O–H groups in total. The van der Waals surface area contributed by atoms with E-state index in [1.807, 2.05) is 0 Å². The molecule has 1 aliphatic rings. The van der Waals surface area contributed by atoms with Gasteiger partial charge in [-0.2, -0.15) is 0 Å². The van der Waals surface area contributed by atoms with Gasteiger partial charge in [0.2, 0.25) is 0 Å². The van der Waals surface area contributed by atoms with Crippen LogP contribution < -0.4 is 118 Å². The molecule has 1 rings (SSSR count). The smallest absolute Gasteiger partial charge is 0.858 e. The molecule has 0 radical (unpaired) electrons. The van der Waals surface area contributed by atoms with E-state index in [4.69, 9.17) is 10.8 Å². The molecule has 0 aromatic heterocycles. The fourth-order valence-corrected chi connectivity index (χ4v) is 0.177. The normalized spacial score (nSPS) is 11.7. The van der Waals surface area contributed by atoms with Crippen LogP contribution in [0.4, 0.5) is 0 Å². The average Bonchev–Trinajstić information content (AvgIpc) is 1.59. The van der Waals surface area contributed by atoms with Crippen molar-refractivity contribution in [1.29, 1.82) is 10.8 Å². The summed E-state index contributed by atoms with van der Waals surface area (Å²) in [5.41, 5.74) is 0. The average molecular weight is 221 g/mol. The molecule has 1 aliphatic heterocycles. The van der Waals surface area contributed by atoms with Crippen molar-refractivity contribution in [2.45, 2.75) is 6.42 Å². The SMILES string of the molecule is C1CNC1.N=C([O-])C(=N)[O-].[K+].[K+]. The largest absolute Gasteiger partial charge is 1.00 e. The van der Waals surface area contributed by atoms with Crippen molar-refractivity contribution in [2.75, 3.05) is 13.1 Å². The van der Waals surface area contributed by atoms with Crippen molar-refractivity contribution in [2.24, 2.45) is 0 Å². The van der Waals surface area contributed by atoms with Gasteiger partial charge in [0.25, 0.3) is 0 Å². The maximum Gasteiger partial charge on any atom is 1.00 e. The standard InChI is InChI=1S/C3H7N.C2H4N2O2.2K/c1-2-4-3-1;3-1(5)2(4)6;;/h4H,1-3H2;(H2,3,5)(H2,4,6);;/q;;2*+1/p-2. The molecule has 0 amide bonds. The molecule has 0 unspecified atom stereocenters. The molecule has 12 heavy (non-hydrogen) atoms. The fraction of sp³-hybridized carbons (Fsp3) is 0.600. The number of rotatable bonds is 0. The van der Waals surface area contributed by atoms with Crippen molar-refractivity contribution in [3.05, 3.63) is 0 Å². The van der Waals surface area contributed by atoms with Gasteiger partial charge < -0.3 is 26.3 Å². The van der Waals surface area contributed by atoms with Crippen LogP contribution in [-0.2, 0) is 0 Å². The van der Waals surface area contributed by atoms with Gasteiger partial charge in [-0.15, -0.1) is 0 Å². The third-order valence-corrected chi connectivity index (χ3v) is 0.913. The van der Waals surface area contributed by atoms with E-state index in [-0.39, 0.29) is 103 Å². The van der Waals surface area contributed by atoms with Gasteiger partial charge in [-0.05, 0) is 31.3 Å². The fourth-order valence-electron chi connectivity index (χ4n) is 0.177. The monoisotopic (exact) mass is 221 g/mol. The molecule has 58 valence electrons. The molecule has 0 spiro atoms. The van der Waals surface area contributed by atoms with Gasteiger partial charge in [0.05, 0.1) is 0 Å². The molecule has 1 saturated heterocycles. The Bertz CT molecular complexity index is 123. The van der Waals surface area contributed by atoms with Crippen LogP contribution in [0.5, 0.6) is 0 Å². The van der Waals surface area contributed by atoms with Gasteiger partial charge >= 0.3 is 103 Å². The van der Waals surface area contributed by atoms with Gasteiger partial charge in [-0.1, -0.05) is 0 Å². The summed E-state index contributed by atoms with van der Waals surface area (Å²) in [5, 5.41) is 33.4. The van der Waals surface area contributed by atoms with Crippen LogP contribution in [0.25, 0.3) is 0 Å². The van der Waals surface area contributed by atoms with Gasteiger partial charge in [-0.3, -0.25) is 0 Å². The van der Waals surface area contributed by atoms with E-state index >= 15 is 0 Å². The van der Waals surface area contributed by atoms with Crippen LogP contribution in [0.2, 0.25) is 0 Å². The molecule has 0 atom stereocenters. The molecular weight excluding hydrogens is 212 g/mol. The Kier molecular flexibility index (Phi) is 21.6. The first-order valence-electron chi connectivity index (χ1n) is 2.87. The predicted octanol–water partition coefficient (Wildman–Crippen LogP) is -8.35. The quantitative estimate of drug-likeness (QED) is 0.215. The molecule has 0 saturated carbocycles. The van der Waals surface area contributed by atoms with E-state index in [0.29, 0.717) is 0 Å². The second-order valence-electron chi connectivity index (χ2n) is 1.76. The minimum atomic E-state index is -1.46. The topological polar surface area (TPSA) is 106 Å². The van der Waals surface area contributed by atoms with Crippen LogP contribution in [0.1, 0.15) is 6.42 Å². The number of hydrogen-bond acceptors (Lipinski definition) is 5. The van der Waals surface area contributed by atoms with Gasteiger partial charge in [0, 0.05) is 0 Å². The number of hydrogen-bond donors (Lipinski definition) is 3. The summed E-state index contributed by atoms with van der Waals surface area (Å²) in [7, 11) is 0. The Balaban J connectivity index is -0.000000120. The Hall–Kier alpha value is 2.17. The first kappa shape index (κ1) is 19.7. The zero-order chi connectivity index (χ0) is 7.98. The van der Waals surface area contributed by atoms with Crippen LogP contribution >= 0.6 is 0 Å². The second kappa shape index (κ2) is 13.2. The van der Waals surface area contributed by atoms with E-state index in [9.17, 15) is 10.2 Å². The van der Waals surface area contributed by atoms with E-state index < -0.39 is 11.8 Å². The van der Waals surface area contributed by atoms with Crippen molar-refractivity contribution in [1.82, 2.24) is 5.32 Å². The van der Waals surface area contributed by atoms with Crippen molar-refractivity contribution in [3.8, 4) is 0 Å². The molecular formula is C5H9K2N3O2. The first-order valence-corrected chi connectivity index (χ1v) is 2.87. The van der Waals surface area contributed by atoms with Crippen LogP contribution in [-0.4, -0.2) is 24.9 Å². The summed E-state index contributed by atoms with van der Waals surface area (Å²) < 4.78 is 0. The third kappa shape index (κ3) is 14.7. The summed E-state index contributed by atoms with van der Waals surface area (Å²) in [4.78, 5) is 0. The molecule has 1 heterocycles. The second-order valence-corrected chi connectivity index (χ2v) is 1.76. The summed E-state index contributed by atoms with van der Waals surface area (Å²) >= 11 is 0. The van der Waals surface area contributed by atoms with Gasteiger partial charge in [0.1, 0.15) is 0 Å². The van der Waals surface area contributed by atoms with Gasteiger partial charge in [-0.25, -0.2) is 0 Å². The van der Waals surface area contributed by atoms with Gasteiger partial charge in [0.15, 0.2) is 0 Å².